The van der Waals surface area contributed by atoms with E-state index in [0.29, 0.717) is 30.9 Å². The monoisotopic (exact) mass is 465 g/mol. The molecule has 0 fully saturated rings. The fraction of sp³-hybridized carbons (Fsp3) is 0.182. The van der Waals surface area contributed by atoms with E-state index in [1.165, 1.54) is 16.8 Å². The van der Waals surface area contributed by atoms with Crippen LogP contribution in [0.15, 0.2) is 71.9 Å². The van der Waals surface area contributed by atoms with E-state index in [1.54, 1.807) is 23.0 Å². The number of carbonyl (C=O) groups is 1. The van der Waals surface area contributed by atoms with Gasteiger partial charge in [0.2, 0.25) is 15.8 Å². The van der Waals surface area contributed by atoms with Crippen molar-refractivity contribution in [2.75, 3.05) is 6.54 Å². The molecule has 4 aromatic rings. The molecule has 2 aromatic carbocycles. The molecule has 0 spiro atoms. The number of hydrogen-bond acceptors (Lipinski definition) is 6. The van der Waals surface area contributed by atoms with E-state index in [2.05, 4.69) is 20.5 Å². The Bertz CT molecular complexity index is 1360. The normalized spacial score (nSPS) is 11.5. The van der Waals surface area contributed by atoms with Crippen molar-refractivity contribution in [2.24, 2.45) is 12.2 Å². The quantitative estimate of drug-likeness (QED) is 0.401. The summed E-state index contributed by atoms with van der Waals surface area (Å²) in [7, 11) is -1.98. The van der Waals surface area contributed by atoms with Crippen molar-refractivity contribution in [3.63, 3.8) is 0 Å². The number of primary sulfonamides is 1. The third kappa shape index (κ3) is 5.51. The van der Waals surface area contributed by atoms with E-state index in [-0.39, 0.29) is 10.7 Å². The molecule has 10 nitrogen and oxygen atoms in total. The smallest absolute Gasteiger partial charge is 0.290 e. The van der Waals surface area contributed by atoms with Crippen molar-refractivity contribution in [2.45, 2.75) is 17.7 Å². The fourth-order valence-electron chi connectivity index (χ4n) is 3.32. The van der Waals surface area contributed by atoms with Crippen LogP contribution in [-0.4, -0.2) is 45.4 Å². The largest absolute Gasteiger partial charge is 0.349 e. The molecule has 0 atom stereocenters. The van der Waals surface area contributed by atoms with E-state index >= 15 is 0 Å². The van der Waals surface area contributed by atoms with Crippen molar-refractivity contribution >= 4 is 15.9 Å². The van der Waals surface area contributed by atoms with Crippen LogP contribution >= 0.6 is 0 Å². The first-order valence-electron chi connectivity index (χ1n) is 10.2. The number of amides is 1. The molecule has 0 bridgehead atoms. The molecule has 3 N–H and O–H groups in total. The molecule has 0 aliphatic rings. The second-order valence-electron chi connectivity index (χ2n) is 7.49. The molecule has 11 heteroatoms. The molecule has 0 aliphatic carbocycles. The number of sulfonamides is 1. The van der Waals surface area contributed by atoms with Gasteiger partial charge in [0.1, 0.15) is 5.82 Å². The molecule has 2 aromatic heterocycles. The first-order valence-corrected chi connectivity index (χ1v) is 11.7. The van der Waals surface area contributed by atoms with Crippen LogP contribution in [0.3, 0.4) is 0 Å². The molecule has 0 saturated carbocycles. The highest BCUT2D eigenvalue weighted by atomic mass is 32.2. The minimum absolute atomic E-state index is 0.00987. The molecule has 0 radical (unpaired) electrons. The van der Waals surface area contributed by atoms with E-state index < -0.39 is 15.9 Å². The van der Waals surface area contributed by atoms with Crippen LogP contribution in [0.2, 0.25) is 0 Å². The molecule has 0 unspecified atom stereocenters. The van der Waals surface area contributed by atoms with Crippen molar-refractivity contribution < 1.29 is 13.2 Å². The lowest BCUT2D eigenvalue weighted by molar-refractivity contribution is 0.0943. The van der Waals surface area contributed by atoms with Gasteiger partial charge in [-0.1, -0.05) is 30.3 Å². The highest BCUT2D eigenvalue weighted by Crippen LogP contribution is 2.16. The number of nitrogens with zero attached hydrogens (tertiary/aromatic N) is 5. The first kappa shape index (κ1) is 22.4. The summed E-state index contributed by atoms with van der Waals surface area (Å²) in [5.74, 6) is 0.178. The molecule has 33 heavy (non-hydrogen) atoms. The SMILES string of the molecule is Cn1cc(CCNC(=O)c2nc(Cc3ccccc3)n(-c3ccc(S(N)(=O)=O)cc3)n2)cn1. The van der Waals surface area contributed by atoms with Crippen molar-refractivity contribution in [1.29, 1.82) is 0 Å². The zero-order valence-corrected chi connectivity index (χ0v) is 18.7. The Morgan fingerprint density at radius 2 is 1.79 bits per heavy atom. The molecule has 0 aliphatic heterocycles. The Labute approximate surface area is 191 Å². The number of aromatic nitrogens is 5. The van der Waals surface area contributed by atoms with E-state index in [0.717, 1.165) is 11.1 Å². The average molecular weight is 466 g/mol. The number of hydrogen-bond donors (Lipinski definition) is 2. The van der Waals surface area contributed by atoms with E-state index in [4.69, 9.17) is 5.14 Å². The zero-order chi connectivity index (χ0) is 23.4. The van der Waals surface area contributed by atoms with Crippen LogP contribution in [0.25, 0.3) is 5.69 Å². The van der Waals surface area contributed by atoms with Gasteiger partial charge in [-0.15, -0.1) is 5.10 Å². The predicted octanol–water partition coefficient (Wildman–Crippen LogP) is 1.21. The second kappa shape index (κ2) is 9.35. The fourth-order valence-corrected chi connectivity index (χ4v) is 3.83. The summed E-state index contributed by atoms with van der Waals surface area (Å²) >= 11 is 0. The number of benzene rings is 2. The molecule has 2 heterocycles. The van der Waals surface area contributed by atoms with Crippen molar-refractivity contribution in [1.82, 2.24) is 29.9 Å². The minimum atomic E-state index is -3.82. The Kier molecular flexibility index (Phi) is 6.33. The van der Waals surface area contributed by atoms with Gasteiger partial charge in [-0.2, -0.15) is 5.10 Å². The lowest BCUT2D eigenvalue weighted by Crippen LogP contribution is -2.26. The maximum absolute atomic E-state index is 12.7. The van der Waals surface area contributed by atoms with Gasteiger partial charge in [-0.05, 0) is 41.8 Å². The summed E-state index contributed by atoms with van der Waals surface area (Å²) in [6, 6.07) is 15.6. The topological polar surface area (TPSA) is 138 Å². The summed E-state index contributed by atoms with van der Waals surface area (Å²) < 4.78 is 26.4. The Morgan fingerprint density at radius 1 is 1.06 bits per heavy atom. The van der Waals surface area contributed by atoms with Gasteiger partial charge in [0.05, 0.1) is 16.8 Å². The third-order valence-electron chi connectivity index (χ3n) is 4.95. The van der Waals surface area contributed by atoms with Gasteiger partial charge in [-0.3, -0.25) is 9.48 Å². The highest BCUT2D eigenvalue weighted by molar-refractivity contribution is 7.89. The third-order valence-corrected chi connectivity index (χ3v) is 5.88. The minimum Gasteiger partial charge on any atom is -0.349 e. The average Bonchev–Trinajstić information content (AvgIpc) is 3.40. The molecular formula is C22H23N7O3S. The highest BCUT2D eigenvalue weighted by Gasteiger charge is 2.18. The Balaban J connectivity index is 1.58. The number of nitrogens with one attached hydrogen (secondary N) is 1. The number of aryl methyl sites for hydroxylation is 1. The van der Waals surface area contributed by atoms with Crippen molar-refractivity contribution in [3.8, 4) is 5.69 Å². The van der Waals surface area contributed by atoms with E-state index in [9.17, 15) is 13.2 Å². The Morgan fingerprint density at radius 3 is 2.42 bits per heavy atom. The van der Waals surface area contributed by atoms with Crippen LogP contribution in [-0.2, 0) is 29.9 Å². The number of rotatable bonds is 8. The summed E-state index contributed by atoms with van der Waals surface area (Å²) in [4.78, 5) is 17.2. The lowest BCUT2D eigenvalue weighted by Gasteiger charge is -2.07. The van der Waals surface area contributed by atoms with Gasteiger partial charge in [0.15, 0.2) is 0 Å². The van der Waals surface area contributed by atoms with Gasteiger partial charge in [0.25, 0.3) is 5.91 Å². The van der Waals surface area contributed by atoms with Gasteiger partial charge in [0, 0.05) is 26.2 Å². The van der Waals surface area contributed by atoms with Gasteiger partial charge < -0.3 is 5.32 Å². The molecule has 4 rings (SSSR count). The van der Waals surface area contributed by atoms with Crippen LogP contribution in [0, 0.1) is 0 Å². The van der Waals surface area contributed by atoms with Crippen LogP contribution in [0.5, 0.6) is 0 Å². The molecule has 170 valence electrons. The van der Waals surface area contributed by atoms with Crippen LogP contribution < -0.4 is 10.5 Å². The van der Waals surface area contributed by atoms with Gasteiger partial charge >= 0.3 is 0 Å². The summed E-state index contributed by atoms with van der Waals surface area (Å²) in [5, 5.41) is 16.5. The zero-order valence-electron chi connectivity index (χ0n) is 17.9. The maximum atomic E-state index is 12.7. The number of nitrogens with two attached hydrogens (primary N) is 1. The molecule has 0 saturated heterocycles. The molecule has 1 amide bonds. The summed E-state index contributed by atoms with van der Waals surface area (Å²) in [6.07, 6.45) is 4.71. The lowest BCUT2D eigenvalue weighted by atomic mass is 10.1. The van der Waals surface area contributed by atoms with Crippen LogP contribution in [0.4, 0.5) is 0 Å². The Hall–Kier alpha value is -3.83. The number of carbonyl (C=O) groups excluding carboxylic acids is 1. The van der Waals surface area contributed by atoms with Crippen LogP contribution in [0.1, 0.15) is 27.6 Å². The second-order valence-corrected chi connectivity index (χ2v) is 9.05. The predicted molar refractivity (Wildman–Crippen MR) is 121 cm³/mol. The summed E-state index contributed by atoms with van der Waals surface area (Å²) in [5.41, 5.74) is 2.57. The standard InChI is InChI=1S/C22H23N7O3S/c1-28-15-17(14-25-28)11-12-24-22(30)21-26-20(13-16-5-3-2-4-6-16)29(27-21)18-7-9-19(10-8-18)33(23,31)32/h2-10,14-15H,11-13H2,1H3,(H,24,30)(H2,23,31,32). The van der Waals surface area contributed by atoms with Crippen molar-refractivity contribution in [3.05, 3.63) is 89.8 Å². The maximum Gasteiger partial charge on any atom is 0.290 e. The van der Waals surface area contributed by atoms with Gasteiger partial charge in [-0.25, -0.2) is 23.2 Å². The summed E-state index contributed by atoms with van der Waals surface area (Å²) in [6.45, 7) is 0.413. The first-order chi connectivity index (χ1) is 15.8. The van der Waals surface area contributed by atoms with E-state index in [1.807, 2.05) is 43.6 Å². The molecular weight excluding hydrogens is 442 g/mol.